The van der Waals surface area contributed by atoms with Crippen LogP contribution in [0.2, 0.25) is 0 Å². The molecule has 0 aliphatic heterocycles. The van der Waals surface area contributed by atoms with Crippen molar-refractivity contribution < 1.29 is 4.74 Å². The predicted octanol–water partition coefficient (Wildman–Crippen LogP) is 2.18. The van der Waals surface area contributed by atoms with E-state index in [4.69, 9.17) is 4.74 Å². The first-order valence-corrected chi connectivity index (χ1v) is 5.64. The van der Waals surface area contributed by atoms with E-state index in [2.05, 4.69) is 32.2 Å². The minimum atomic E-state index is 0.742. The number of aryl methyl sites for hydroxylation is 1. The monoisotopic (exact) mass is 281 g/mol. The number of hydrogen-bond acceptors (Lipinski definition) is 3. The van der Waals surface area contributed by atoms with Crippen molar-refractivity contribution in [2.24, 2.45) is 7.05 Å². The Bertz CT molecular complexity index is 496. The molecule has 0 aliphatic rings. The highest BCUT2D eigenvalue weighted by Crippen LogP contribution is 2.22. The Morgan fingerprint density at radius 2 is 2.19 bits per heavy atom. The lowest BCUT2D eigenvalue weighted by Crippen LogP contribution is -1.99. The molecule has 0 bridgehead atoms. The number of rotatable bonds is 3. The van der Waals surface area contributed by atoms with Gasteiger partial charge in [0, 0.05) is 17.9 Å². The molecule has 0 spiro atoms. The van der Waals surface area contributed by atoms with E-state index in [1.807, 2.05) is 23.7 Å². The lowest BCUT2D eigenvalue weighted by Gasteiger charge is -2.05. The van der Waals surface area contributed by atoms with Gasteiger partial charge in [-0.05, 0) is 23.8 Å². The lowest BCUT2D eigenvalue weighted by molar-refractivity contribution is 0.414. The molecule has 0 atom stereocenters. The van der Waals surface area contributed by atoms with Crippen LogP contribution in [0.4, 0.5) is 0 Å². The van der Waals surface area contributed by atoms with Crippen LogP contribution in [0, 0.1) is 0 Å². The summed E-state index contributed by atoms with van der Waals surface area (Å²) >= 11 is 3.45. The van der Waals surface area contributed by atoms with Crippen LogP contribution in [-0.2, 0) is 13.5 Å². The molecule has 2 aromatic rings. The van der Waals surface area contributed by atoms with Crippen LogP contribution in [0.5, 0.6) is 5.75 Å². The molecule has 0 saturated carbocycles. The van der Waals surface area contributed by atoms with E-state index in [-0.39, 0.29) is 0 Å². The summed E-state index contributed by atoms with van der Waals surface area (Å²) in [4.78, 5) is 0. The van der Waals surface area contributed by atoms with E-state index < -0.39 is 0 Å². The first-order chi connectivity index (χ1) is 7.69. The smallest absolute Gasteiger partial charge is 0.136 e. The van der Waals surface area contributed by atoms with Gasteiger partial charge in [0.25, 0.3) is 0 Å². The second kappa shape index (κ2) is 4.65. The first-order valence-electron chi connectivity index (χ1n) is 4.85. The van der Waals surface area contributed by atoms with Gasteiger partial charge in [-0.3, -0.25) is 0 Å². The summed E-state index contributed by atoms with van der Waals surface area (Å²) in [5.41, 5.74) is 1.14. The Morgan fingerprint density at radius 3 is 2.81 bits per heavy atom. The molecular formula is C11H12BrN3O. The zero-order valence-electron chi connectivity index (χ0n) is 9.14. The molecule has 84 valence electrons. The molecule has 4 nitrogen and oxygen atoms in total. The van der Waals surface area contributed by atoms with Gasteiger partial charge >= 0.3 is 0 Å². The molecule has 2 rings (SSSR count). The van der Waals surface area contributed by atoms with Gasteiger partial charge in [0.2, 0.25) is 0 Å². The highest BCUT2D eigenvalue weighted by molar-refractivity contribution is 9.10. The molecule has 0 radical (unpaired) electrons. The zero-order chi connectivity index (χ0) is 11.5. The third-order valence-corrected chi connectivity index (χ3v) is 2.79. The normalized spacial score (nSPS) is 10.4. The summed E-state index contributed by atoms with van der Waals surface area (Å²) in [6, 6.07) is 5.98. The summed E-state index contributed by atoms with van der Waals surface area (Å²) in [5, 5.41) is 7.91. The second-order valence-corrected chi connectivity index (χ2v) is 4.45. The van der Waals surface area contributed by atoms with E-state index in [1.165, 1.54) is 0 Å². The number of hydrogen-bond donors (Lipinski definition) is 0. The number of benzene rings is 1. The third kappa shape index (κ3) is 2.41. The Labute approximate surface area is 102 Å². The molecule has 1 heterocycles. The molecule has 16 heavy (non-hydrogen) atoms. The van der Waals surface area contributed by atoms with E-state index >= 15 is 0 Å². The molecule has 5 heteroatoms. The van der Waals surface area contributed by atoms with Crippen LogP contribution in [0.3, 0.4) is 0 Å². The highest BCUT2D eigenvalue weighted by atomic mass is 79.9. The summed E-state index contributed by atoms with van der Waals surface area (Å²) in [7, 11) is 3.60. The van der Waals surface area contributed by atoms with Crippen LogP contribution in [-0.4, -0.2) is 21.9 Å². The SMILES string of the molecule is COc1cc(Br)cc(Cc2nncn2C)c1. The van der Waals surface area contributed by atoms with Crippen molar-refractivity contribution in [3.63, 3.8) is 0 Å². The van der Waals surface area contributed by atoms with Gasteiger partial charge in [0.05, 0.1) is 7.11 Å². The maximum absolute atomic E-state index is 5.21. The molecule has 1 aromatic heterocycles. The van der Waals surface area contributed by atoms with Crippen LogP contribution in [0.1, 0.15) is 11.4 Å². The lowest BCUT2D eigenvalue weighted by atomic mass is 10.1. The van der Waals surface area contributed by atoms with Gasteiger partial charge in [-0.1, -0.05) is 15.9 Å². The fourth-order valence-electron chi connectivity index (χ4n) is 1.49. The number of methoxy groups -OCH3 is 1. The van der Waals surface area contributed by atoms with Gasteiger partial charge in [-0.15, -0.1) is 10.2 Å². The standard InChI is InChI=1S/C11H12BrN3O/c1-15-7-13-14-11(15)5-8-3-9(12)6-10(4-8)16-2/h3-4,6-7H,5H2,1-2H3. The van der Waals surface area contributed by atoms with E-state index in [0.717, 1.165) is 28.0 Å². The summed E-state index contributed by atoms with van der Waals surface area (Å²) < 4.78 is 8.13. The van der Waals surface area contributed by atoms with Crippen molar-refractivity contribution in [2.45, 2.75) is 6.42 Å². The van der Waals surface area contributed by atoms with Crippen molar-refractivity contribution in [1.29, 1.82) is 0 Å². The summed E-state index contributed by atoms with van der Waals surface area (Å²) in [6.07, 6.45) is 2.44. The summed E-state index contributed by atoms with van der Waals surface area (Å²) in [5.74, 6) is 1.77. The fraction of sp³-hybridized carbons (Fsp3) is 0.273. The average Bonchev–Trinajstić information content (AvgIpc) is 2.63. The van der Waals surface area contributed by atoms with Crippen molar-refractivity contribution in [3.05, 3.63) is 40.4 Å². The predicted molar refractivity (Wildman–Crippen MR) is 64.5 cm³/mol. The quantitative estimate of drug-likeness (QED) is 0.866. The number of halogens is 1. The zero-order valence-corrected chi connectivity index (χ0v) is 10.7. The Morgan fingerprint density at radius 1 is 1.38 bits per heavy atom. The van der Waals surface area contributed by atoms with Gasteiger partial charge < -0.3 is 9.30 Å². The Kier molecular flexibility index (Phi) is 3.24. The first kappa shape index (κ1) is 11.1. The number of aromatic nitrogens is 3. The van der Waals surface area contributed by atoms with Crippen LogP contribution < -0.4 is 4.74 Å². The van der Waals surface area contributed by atoms with Gasteiger partial charge in [0.1, 0.15) is 17.9 Å². The largest absolute Gasteiger partial charge is 0.497 e. The van der Waals surface area contributed by atoms with Crippen LogP contribution in [0.25, 0.3) is 0 Å². The Balaban J connectivity index is 2.28. The van der Waals surface area contributed by atoms with E-state index in [0.29, 0.717) is 0 Å². The van der Waals surface area contributed by atoms with Crippen LogP contribution >= 0.6 is 15.9 Å². The molecular weight excluding hydrogens is 270 g/mol. The van der Waals surface area contributed by atoms with Crippen molar-refractivity contribution in [1.82, 2.24) is 14.8 Å². The molecule has 0 saturated heterocycles. The minimum absolute atomic E-state index is 0.742. The molecule has 0 fully saturated rings. The summed E-state index contributed by atoms with van der Waals surface area (Å²) in [6.45, 7) is 0. The van der Waals surface area contributed by atoms with E-state index in [1.54, 1.807) is 13.4 Å². The van der Waals surface area contributed by atoms with Crippen molar-refractivity contribution in [2.75, 3.05) is 7.11 Å². The third-order valence-electron chi connectivity index (χ3n) is 2.33. The minimum Gasteiger partial charge on any atom is -0.497 e. The molecule has 0 aliphatic carbocycles. The van der Waals surface area contributed by atoms with Gasteiger partial charge in [-0.25, -0.2) is 0 Å². The number of ether oxygens (including phenoxy) is 1. The average molecular weight is 282 g/mol. The molecule has 1 aromatic carbocycles. The molecule has 0 N–H and O–H groups in total. The van der Waals surface area contributed by atoms with Crippen molar-refractivity contribution >= 4 is 15.9 Å². The maximum Gasteiger partial charge on any atom is 0.136 e. The molecule has 0 amide bonds. The fourth-order valence-corrected chi connectivity index (χ4v) is 2.01. The molecule has 0 unspecified atom stereocenters. The topological polar surface area (TPSA) is 39.9 Å². The van der Waals surface area contributed by atoms with Gasteiger partial charge in [-0.2, -0.15) is 0 Å². The van der Waals surface area contributed by atoms with Crippen molar-refractivity contribution in [3.8, 4) is 5.75 Å². The van der Waals surface area contributed by atoms with E-state index in [9.17, 15) is 0 Å². The Hall–Kier alpha value is -1.36. The highest BCUT2D eigenvalue weighted by Gasteiger charge is 2.05. The van der Waals surface area contributed by atoms with Crippen LogP contribution in [0.15, 0.2) is 29.0 Å². The van der Waals surface area contributed by atoms with Gasteiger partial charge in [0.15, 0.2) is 0 Å². The number of nitrogens with zero attached hydrogens (tertiary/aromatic N) is 3. The second-order valence-electron chi connectivity index (χ2n) is 3.53. The maximum atomic E-state index is 5.21.